The molecule has 0 aromatic heterocycles. The molecule has 0 saturated heterocycles. The molecule has 9 nitrogen and oxygen atoms in total. The summed E-state index contributed by atoms with van der Waals surface area (Å²) >= 11 is 0. The largest absolute Gasteiger partial charge is 3.00 e. The topological polar surface area (TPSA) is 190 Å². The van der Waals surface area contributed by atoms with Crippen LogP contribution in [0.2, 0.25) is 0 Å². The molecular weight excluding hydrogens is 1350 g/mol. The molecule has 0 aliphatic heterocycles. The minimum Gasteiger partial charge on any atom is -0.810 e. The van der Waals surface area contributed by atoms with E-state index in [2.05, 4.69) is 41.5 Å². The molecule has 0 amide bonds. The van der Waals surface area contributed by atoms with Gasteiger partial charge in [-0.2, -0.15) is 0 Å². The first-order valence-electron chi connectivity index (χ1n) is 33.1. The molecule has 0 aliphatic carbocycles. The standard InChI is InChI=1S/3C23H41O3P.2Nd/c3*1-4-7-9-10-11-12-13-17-21-18-14-15-19-22(21)23(27(24,25)26)20(6-3)16-8-5-2;;/h3*14-15,18-20,23H,4-13,16-17H2,1-3H3,(H2,24,25,26);;/q;;;2*+3/p-6. The van der Waals surface area contributed by atoms with Crippen molar-refractivity contribution in [3.05, 3.63) is 106 Å². The maximum atomic E-state index is 12.2. The van der Waals surface area contributed by atoms with Gasteiger partial charge in [0.1, 0.15) is 0 Å². The number of rotatable bonds is 45. The second-order valence-electron chi connectivity index (χ2n) is 23.6. The molecule has 0 heterocycles. The predicted octanol–water partition coefficient (Wildman–Crippen LogP) is 18.5. The van der Waals surface area contributed by atoms with Gasteiger partial charge in [0.2, 0.25) is 0 Å². The van der Waals surface area contributed by atoms with Crippen LogP contribution in [0.15, 0.2) is 72.8 Å². The van der Waals surface area contributed by atoms with Crippen molar-refractivity contribution < 1.29 is 125 Å². The van der Waals surface area contributed by atoms with E-state index in [-0.39, 0.29) is 99.4 Å². The van der Waals surface area contributed by atoms with E-state index in [0.29, 0.717) is 0 Å². The molecule has 14 heteroatoms. The van der Waals surface area contributed by atoms with Crippen LogP contribution in [0.4, 0.5) is 0 Å². The van der Waals surface area contributed by atoms with E-state index < -0.39 is 39.8 Å². The van der Waals surface area contributed by atoms with Crippen molar-refractivity contribution in [1.82, 2.24) is 0 Å². The molecule has 0 spiro atoms. The van der Waals surface area contributed by atoms with Crippen LogP contribution in [-0.2, 0) is 33.0 Å². The normalized spacial score (nSPS) is 13.9. The van der Waals surface area contributed by atoms with Crippen molar-refractivity contribution in [2.45, 2.75) is 310 Å². The van der Waals surface area contributed by atoms with Crippen molar-refractivity contribution in [1.29, 1.82) is 0 Å². The molecule has 83 heavy (non-hydrogen) atoms. The Labute approximate surface area is 575 Å². The Kier molecular flexibility index (Phi) is 54.3. The van der Waals surface area contributed by atoms with E-state index in [9.17, 15) is 43.1 Å². The van der Waals surface area contributed by atoms with Crippen molar-refractivity contribution in [3.63, 3.8) is 0 Å². The van der Waals surface area contributed by atoms with Gasteiger partial charge in [-0.3, -0.25) is 0 Å². The molecule has 0 saturated carbocycles. The first kappa shape index (κ1) is 85.9. The maximum absolute atomic E-state index is 12.2. The Hall–Kier alpha value is 0.811. The van der Waals surface area contributed by atoms with Crippen LogP contribution in [0.25, 0.3) is 0 Å². The molecule has 0 fully saturated rings. The number of unbranched alkanes of at least 4 members (excludes halogenated alkanes) is 21. The van der Waals surface area contributed by atoms with Crippen LogP contribution in [-0.4, -0.2) is 0 Å². The van der Waals surface area contributed by atoms with Crippen LogP contribution < -0.4 is 29.4 Å². The fraction of sp³-hybridized carbons (Fsp3) is 0.739. The van der Waals surface area contributed by atoms with E-state index in [4.69, 9.17) is 0 Å². The molecule has 3 aromatic rings. The van der Waals surface area contributed by atoms with Crippen LogP contribution in [0.5, 0.6) is 0 Å². The quantitative estimate of drug-likeness (QED) is 0.0391. The Bertz CT molecular complexity index is 1910. The molecular formula is C69H117Nd2O9P3. The third-order valence-electron chi connectivity index (χ3n) is 17.0. The summed E-state index contributed by atoms with van der Waals surface area (Å²) in [5.41, 5.74) is 2.81. The Morgan fingerprint density at radius 3 is 0.675 bits per heavy atom. The Morgan fingerprint density at radius 2 is 0.482 bits per heavy atom. The zero-order valence-corrected chi connectivity index (χ0v) is 63.0. The van der Waals surface area contributed by atoms with Crippen molar-refractivity contribution >= 4 is 22.8 Å². The third kappa shape index (κ3) is 37.1. The smallest absolute Gasteiger partial charge is 0.810 e. The van der Waals surface area contributed by atoms with Gasteiger partial charge in [0.25, 0.3) is 0 Å². The Morgan fingerprint density at radius 1 is 0.289 bits per heavy atom. The fourth-order valence-corrected chi connectivity index (χ4v) is 16.6. The van der Waals surface area contributed by atoms with E-state index in [0.717, 1.165) is 149 Å². The summed E-state index contributed by atoms with van der Waals surface area (Å²) in [6.07, 6.45) is 39.0. The molecule has 0 N–H and O–H groups in total. The van der Waals surface area contributed by atoms with Gasteiger partial charge in [-0.15, -0.1) is 0 Å². The fourth-order valence-electron chi connectivity index (χ4n) is 12.2. The predicted molar refractivity (Wildman–Crippen MR) is 335 cm³/mol. The first-order chi connectivity index (χ1) is 38.9. The maximum Gasteiger partial charge on any atom is 3.00 e. The molecule has 0 bridgehead atoms. The number of hydrogen-bond donors (Lipinski definition) is 0. The van der Waals surface area contributed by atoms with E-state index >= 15 is 0 Å². The first-order valence-corrected chi connectivity index (χ1v) is 38.0. The summed E-state index contributed by atoms with van der Waals surface area (Å²) < 4.78 is 36.6. The second kappa shape index (κ2) is 52.4. The molecule has 3 rings (SSSR count). The van der Waals surface area contributed by atoms with Gasteiger partial charge in [0, 0.05) is 17.0 Å². The van der Waals surface area contributed by atoms with Gasteiger partial charge in [-0.1, -0.05) is 331 Å². The van der Waals surface area contributed by atoms with Gasteiger partial charge in [-0.25, -0.2) is 0 Å². The molecule has 6 atom stereocenters. The SMILES string of the molecule is CCCCCCCCCc1ccccc1C(C(CC)CCCC)P(=O)([O-])[O-].CCCCCCCCCc1ccccc1C(C(CC)CCCC)P(=O)([O-])[O-].CCCCCCCCCc1ccccc1C(C(CC)CCCC)P(=O)([O-])[O-].[Nd+3].[Nd+3]. The van der Waals surface area contributed by atoms with E-state index in [1.54, 1.807) is 0 Å². The monoisotopic (exact) mass is 1470 g/mol. The average molecular weight is 1470 g/mol. The number of hydrogen-bond acceptors (Lipinski definition) is 9. The Balaban J connectivity index is 0. The van der Waals surface area contributed by atoms with Gasteiger partial charge in [0.05, 0.1) is 0 Å². The van der Waals surface area contributed by atoms with Crippen molar-refractivity contribution in [3.8, 4) is 0 Å². The summed E-state index contributed by atoms with van der Waals surface area (Å²) in [7, 11) is -14.1. The van der Waals surface area contributed by atoms with Gasteiger partial charge >= 0.3 is 81.7 Å². The number of aryl methyl sites for hydroxylation is 3. The minimum atomic E-state index is -4.70. The van der Waals surface area contributed by atoms with E-state index in [1.165, 1.54) is 116 Å². The molecule has 470 valence electrons. The van der Waals surface area contributed by atoms with Gasteiger partial charge in [0.15, 0.2) is 0 Å². The average Bonchev–Trinajstić information content (AvgIpc) is 3.58. The minimum absolute atomic E-state index is 0. The zero-order valence-electron chi connectivity index (χ0n) is 53.9. The van der Waals surface area contributed by atoms with Crippen LogP contribution in [0.1, 0.15) is 325 Å². The molecule has 3 aromatic carbocycles. The molecule has 2 radical (unpaired) electrons. The van der Waals surface area contributed by atoms with Crippen LogP contribution >= 0.6 is 22.8 Å². The zero-order chi connectivity index (χ0) is 60.4. The summed E-state index contributed by atoms with van der Waals surface area (Å²) in [6, 6.07) is 23.2. The number of benzene rings is 3. The third-order valence-corrected chi connectivity index (χ3v) is 21.1. The van der Waals surface area contributed by atoms with Gasteiger partial charge < -0.3 is 43.1 Å². The summed E-state index contributed by atoms with van der Waals surface area (Å²) in [5, 5.41) is 0. The van der Waals surface area contributed by atoms with Crippen LogP contribution in [0, 0.1) is 99.4 Å². The summed E-state index contributed by atoms with van der Waals surface area (Å²) in [6.45, 7) is 19.0. The summed E-state index contributed by atoms with van der Waals surface area (Å²) in [4.78, 5) is 73.2. The van der Waals surface area contributed by atoms with Crippen molar-refractivity contribution in [2.75, 3.05) is 0 Å². The van der Waals surface area contributed by atoms with E-state index in [1.807, 2.05) is 93.6 Å². The second-order valence-corrected chi connectivity index (χ2v) is 28.5. The van der Waals surface area contributed by atoms with Gasteiger partial charge in [-0.05, 0) is 109 Å². The van der Waals surface area contributed by atoms with Crippen LogP contribution in [0.3, 0.4) is 0 Å². The van der Waals surface area contributed by atoms with Crippen molar-refractivity contribution in [2.24, 2.45) is 17.8 Å². The summed E-state index contributed by atoms with van der Waals surface area (Å²) in [5.74, 6) is -0.247. The molecule has 6 unspecified atom stereocenters. The molecule has 0 aliphatic rings.